The third kappa shape index (κ3) is 6.88. The van der Waals surface area contributed by atoms with Gasteiger partial charge in [0.2, 0.25) is 0 Å². The standard InChI is InChI=1S/C21H33N5O3.HI/c1-21(2,3)29-20(27)26-16-7-8-17(26)13-15(12-16)25-19(22-4)24-10-11-28-18-6-5-9-23-14-18;/h5-6,9,14-17H,7-8,10-13H2,1-4H3,(H2,22,24,25);1H. The average molecular weight is 531 g/mol. The van der Waals surface area contributed by atoms with Crippen LogP contribution in [-0.4, -0.2) is 65.9 Å². The Hall–Kier alpha value is -1.78. The largest absolute Gasteiger partial charge is 0.490 e. The molecule has 1 amide bonds. The maximum absolute atomic E-state index is 12.6. The maximum Gasteiger partial charge on any atom is 0.410 e. The van der Waals surface area contributed by atoms with E-state index < -0.39 is 5.60 Å². The van der Waals surface area contributed by atoms with E-state index in [0.29, 0.717) is 13.2 Å². The molecule has 3 heterocycles. The first kappa shape index (κ1) is 24.5. The molecule has 2 aliphatic rings. The van der Waals surface area contributed by atoms with E-state index in [4.69, 9.17) is 9.47 Å². The lowest BCUT2D eigenvalue weighted by Crippen LogP contribution is -2.55. The predicted molar refractivity (Wildman–Crippen MR) is 128 cm³/mol. The monoisotopic (exact) mass is 531 g/mol. The molecule has 2 N–H and O–H groups in total. The zero-order valence-electron chi connectivity index (χ0n) is 18.3. The third-order valence-electron chi connectivity index (χ3n) is 5.20. The number of fused-ring (bicyclic) bond motifs is 2. The second kappa shape index (κ2) is 11.0. The molecule has 0 saturated carbocycles. The summed E-state index contributed by atoms with van der Waals surface area (Å²) in [5.41, 5.74) is -0.463. The number of pyridine rings is 1. The van der Waals surface area contributed by atoms with Crippen molar-refractivity contribution >= 4 is 36.0 Å². The number of halogens is 1. The summed E-state index contributed by atoms with van der Waals surface area (Å²) in [6.45, 7) is 6.89. The van der Waals surface area contributed by atoms with E-state index >= 15 is 0 Å². The number of carbonyl (C=O) groups is 1. The Bertz CT molecular complexity index is 696. The number of rotatable bonds is 5. The van der Waals surface area contributed by atoms with Gasteiger partial charge in [0.1, 0.15) is 18.0 Å². The summed E-state index contributed by atoms with van der Waals surface area (Å²) in [6.07, 6.45) is 7.11. The average Bonchev–Trinajstić information content (AvgIpc) is 2.95. The van der Waals surface area contributed by atoms with E-state index in [1.54, 1.807) is 19.4 Å². The number of hydrogen-bond donors (Lipinski definition) is 2. The molecule has 8 nitrogen and oxygen atoms in total. The molecule has 0 aromatic carbocycles. The molecule has 2 bridgehead atoms. The molecule has 2 atom stereocenters. The molecule has 2 fully saturated rings. The summed E-state index contributed by atoms with van der Waals surface area (Å²) in [6, 6.07) is 4.48. The van der Waals surface area contributed by atoms with Crippen molar-refractivity contribution in [2.45, 2.75) is 70.2 Å². The van der Waals surface area contributed by atoms with Gasteiger partial charge in [0.05, 0.1) is 12.7 Å². The Morgan fingerprint density at radius 2 is 2.00 bits per heavy atom. The zero-order valence-corrected chi connectivity index (χ0v) is 20.6. The van der Waals surface area contributed by atoms with Gasteiger partial charge in [0.25, 0.3) is 0 Å². The van der Waals surface area contributed by atoms with Crippen molar-refractivity contribution in [1.29, 1.82) is 0 Å². The number of nitrogens with zero attached hydrogens (tertiary/aromatic N) is 3. The summed E-state index contributed by atoms with van der Waals surface area (Å²) in [4.78, 5) is 22.9. The quantitative estimate of drug-likeness (QED) is 0.263. The van der Waals surface area contributed by atoms with Gasteiger partial charge in [-0.2, -0.15) is 0 Å². The number of nitrogens with one attached hydrogen (secondary N) is 2. The van der Waals surface area contributed by atoms with Crippen LogP contribution in [0.5, 0.6) is 5.75 Å². The van der Waals surface area contributed by atoms with Gasteiger partial charge in [-0.05, 0) is 58.6 Å². The van der Waals surface area contributed by atoms with E-state index in [0.717, 1.165) is 37.4 Å². The highest BCUT2D eigenvalue weighted by Crippen LogP contribution is 2.36. The number of aliphatic imine (C=N–C) groups is 1. The highest BCUT2D eigenvalue weighted by atomic mass is 127. The van der Waals surface area contributed by atoms with Crippen LogP contribution < -0.4 is 15.4 Å². The maximum atomic E-state index is 12.6. The molecule has 0 spiro atoms. The number of hydrogen-bond acceptors (Lipinski definition) is 5. The molecule has 9 heteroatoms. The van der Waals surface area contributed by atoms with Crippen LogP contribution >= 0.6 is 24.0 Å². The van der Waals surface area contributed by atoms with Crippen LogP contribution in [0.15, 0.2) is 29.5 Å². The molecule has 0 radical (unpaired) electrons. The lowest BCUT2D eigenvalue weighted by Gasteiger charge is -2.40. The molecule has 0 aliphatic carbocycles. The van der Waals surface area contributed by atoms with Gasteiger partial charge in [0.15, 0.2) is 5.96 Å². The number of ether oxygens (including phenoxy) is 2. The molecule has 2 saturated heterocycles. The lowest BCUT2D eigenvalue weighted by molar-refractivity contribution is 0.00544. The molecular formula is C21H34IN5O3. The Morgan fingerprint density at radius 3 is 2.57 bits per heavy atom. The van der Waals surface area contributed by atoms with E-state index in [1.807, 2.05) is 37.8 Å². The number of aromatic nitrogens is 1. The van der Waals surface area contributed by atoms with Crippen LogP contribution in [0.1, 0.15) is 46.5 Å². The van der Waals surface area contributed by atoms with Crippen LogP contribution in [0.4, 0.5) is 4.79 Å². The van der Waals surface area contributed by atoms with Gasteiger partial charge in [-0.15, -0.1) is 24.0 Å². The first-order valence-corrected chi connectivity index (χ1v) is 10.4. The Morgan fingerprint density at radius 1 is 1.30 bits per heavy atom. The Balaban J connectivity index is 0.00000320. The Kier molecular flexibility index (Phi) is 8.99. The molecule has 1 aromatic rings. The van der Waals surface area contributed by atoms with Crippen LogP contribution in [-0.2, 0) is 4.74 Å². The van der Waals surface area contributed by atoms with Gasteiger partial charge < -0.3 is 25.0 Å². The Labute approximate surface area is 196 Å². The minimum absolute atomic E-state index is 0. The fourth-order valence-electron chi connectivity index (χ4n) is 4.07. The highest BCUT2D eigenvalue weighted by molar-refractivity contribution is 14.0. The van der Waals surface area contributed by atoms with Crippen LogP contribution in [0.3, 0.4) is 0 Å². The minimum Gasteiger partial charge on any atom is -0.490 e. The van der Waals surface area contributed by atoms with Crippen molar-refractivity contribution in [2.24, 2.45) is 4.99 Å². The SMILES string of the molecule is CN=C(NCCOc1cccnc1)NC1CC2CCC(C1)N2C(=O)OC(C)(C)C.I. The topological polar surface area (TPSA) is 88.1 Å². The van der Waals surface area contributed by atoms with Crippen molar-refractivity contribution in [3.63, 3.8) is 0 Å². The first-order chi connectivity index (χ1) is 13.9. The summed E-state index contributed by atoms with van der Waals surface area (Å²) >= 11 is 0. The van der Waals surface area contributed by atoms with Gasteiger partial charge in [0, 0.05) is 31.4 Å². The molecule has 30 heavy (non-hydrogen) atoms. The molecular weight excluding hydrogens is 497 g/mol. The minimum atomic E-state index is -0.463. The fraction of sp³-hybridized carbons (Fsp3) is 0.667. The summed E-state index contributed by atoms with van der Waals surface area (Å²) in [7, 11) is 1.77. The molecule has 2 unspecified atom stereocenters. The van der Waals surface area contributed by atoms with E-state index in [9.17, 15) is 4.79 Å². The number of piperidine rings is 1. The highest BCUT2D eigenvalue weighted by Gasteiger charge is 2.45. The molecule has 3 rings (SSSR count). The normalized spacial score (nSPS) is 23.4. The first-order valence-electron chi connectivity index (χ1n) is 10.4. The molecule has 2 aliphatic heterocycles. The number of guanidine groups is 1. The van der Waals surface area contributed by atoms with E-state index in [-0.39, 0.29) is 48.2 Å². The van der Waals surface area contributed by atoms with Crippen molar-refractivity contribution in [3.05, 3.63) is 24.5 Å². The van der Waals surface area contributed by atoms with Crippen molar-refractivity contribution in [3.8, 4) is 5.75 Å². The fourth-order valence-corrected chi connectivity index (χ4v) is 4.07. The van der Waals surface area contributed by atoms with Gasteiger partial charge in [-0.1, -0.05) is 0 Å². The number of amides is 1. The molecule has 168 valence electrons. The zero-order chi connectivity index (χ0) is 20.9. The lowest BCUT2D eigenvalue weighted by atomic mass is 9.98. The van der Waals surface area contributed by atoms with Gasteiger partial charge in [-0.25, -0.2) is 4.79 Å². The molecule has 1 aromatic heterocycles. The summed E-state index contributed by atoms with van der Waals surface area (Å²) in [5.74, 6) is 1.51. The van der Waals surface area contributed by atoms with Gasteiger partial charge in [-0.3, -0.25) is 9.98 Å². The van der Waals surface area contributed by atoms with Crippen molar-refractivity contribution in [1.82, 2.24) is 20.5 Å². The second-order valence-electron chi connectivity index (χ2n) is 8.62. The summed E-state index contributed by atoms with van der Waals surface area (Å²) in [5, 5.41) is 6.80. The third-order valence-corrected chi connectivity index (χ3v) is 5.20. The number of carbonyl (C=O) groups excluding carboxylic acids is 1. The van der Waals surface area contributed by atoms with Crippen molar-refractivity contribution < 1.29 is 14.3 Å². The van der Waals surface area contributed by atoms with Gasteiger partial charge >= 0.3 is 6.09 Å². The second-order valence-corrected chi connectivity index (χ2v) is 8.62. The van der Waals surface area contributed by atoms with Crippen LogP contribution in [0.2, 0.25) is 0 Å². The van der Waals surface area contributed by atoms with Crippen molar-refractivity contribution in [2.75, 3.05) is 20.2 Å². The van der Waals surface area contributed by atoms with Crippen LogP contribution in [0, 0.1) is 0 Å². The van der Waals surface area contributed by atoms with Crippen LogP contribution in [0.25, 0.3) is 0 Å². The smallest absolute Gasteiger partial charge is 0.410 e. The predicted octanol–water partition coefficient (Wildman–Crippen LogP) is 3.17. The van der Waals surface area contributed by atoms with E-state index in [1.165, 1.54) is 0 Å². The van der Waals surface area contributed by atoms with E-state index in [2.05, 4.69) is 20.6 Å². The summed E-state index contributed by atoms with van der Waals surface area (Å²) < 4.78 is 11.3.